The Labute approximate surface area is 202 Å². The number of hydrogen-bond acceptors (Lipinski definition) is 6. The number of hydrogen-bond donors (Lipinski definition) is 1. The van der Waals surface area contributed by atoms with Crippen LogP contribution in [-0.4, -0.2) is 47.2 Å². The van der Waals surface area contributed by atoms with Crippen molar-refractivity contribution in [1.29, 1.82) is 0 Å². The minimum atomic E-state index is -0.374. The number of aromatic nitrogens is 2. The fourth-order valence-electron chi connectivity index (χ4n) is 4.13. The van der Waals surface area contributed by atoms with Gasteiger partial charge in [0.05, 0.1) is 24.9 Å². The second-order valence-electron chi connectivity index (χ2n) is 9.40. The molecule has 2 aromatic carbocycles. The summed E-state index contributed by atoms with van der Waals surface area (Å²) < 4.78 is 26.8. The third-order valence-electron chi connectivity index (χ3n) is 6.14. The van der Waals surface area contributed by atoms with Crippen molar-refractivity contribution in [3.05, 3.63) is 46.9 Å². The van der Waals surface area contributed by atoms with E-state index in [9.17, 15) is 4.39 Å². The molecule has 33 heavy (non-hydrogen) atoms. The average Bonchev–Trinajstić information content (AvgIpc) is 2.78. The SMILES string of the molecule is COc1cc2c(Nc3ccc(Br)cc3F)ncnc2cc1OCC1CCN(C(C)(C)C)CC1. The molecule has 0 unspecified atom stereocenters. The van der Waals surface area contributed by atoms with E-state index in [4.69, 9.17) is 9.47 Å². The normalized spacial score (nSPS) is 15.6. The Balaban J connectivity index is 1.51. The molecular weight excluding hydrogens is 487 g/mol. The summed E-state index contributed by atoms with van der Waals surface area (Å²) >= 11 is 3.28. The molecule has 3 aromatic rings. The highest BCUT2D eigenvalue weighted by Crippen LogP contribution is 2.36. The number of piperidine rings is 1. The molecular formula is C25H30BrFN4O2. The number of fused-ring (bicyclic) bond motifs is 1. The number of ether oxygens (including phenoxy) is 2. The minimum Gasteiger partial charge on any atom is -0.493 e. The van der Waals surface area contributed by atoms with Gasteiger partial charge in [-0.25, -0.2) is 14.4 Å². The van der Waals surface area contributed by atoms with Gasteiger partial charge in [0.1, 0.15) is 18.0 Å². The molecule has 1 aliphatic heterocycles. The molecule has 0 bridgehead atoms. The van der Waals surface area contributed by atoms with Crippen LogP contribution in [0.5, 0.6) is 11.5 Å². The van der Waals surface area contributed by atoms with E-state index < -0.39 is 0 Å². The summed E-state index contributed by atoms with van der Waals surface area (Å²) in [6, 6.07) is 8.54. The quantitative estimate of drug-likeness (QED) is 0.422. The molecule has 0 amide bonds. The summed E-state index contributed by atoms with van der Waals surface area (Å²) in [6.45, 7) is 9.60. The van der Waals surface area contributed by atoms with E-state index in [1.807, 2.05) is 12.1 Å². The highest BCUT2D eigenvalue weighted by atomic mass is 79.9. The second kappa shape index (κ2) is 9.81. The number of rotatable bonds is 6. The van der Waals surface area contributed by atoms with Crippen molar-refractivity contribution in [1.82, 2.24) is 14.9 Å². The monoisotopic (exact) mass is 516 g/mol. The summed E-state index contributed by atoms with van der Waals surface area (Å²) in [7, 11) is 1.61. The van der Waals surface area contributed by atoms with Crippen LogP contribution in [0.2, 0.25) is 0 Å². The topological polar surface area (TPSA) is 59.5 Å². The Bertz CT molecular complexity index is 1130. The van der Waals surface area contributed by atoms with Gasteiger partial charge in [0, 0.05) is 21.5 Å². The molecule has 4 rings (SSSR count). The summed E-state index contributed by atoms with van der Waals surface area (Å²) in [5, 5.41) is 3.79. The molecule has 6 nitrogen and oxygen atoms in total. The lowest BCUT2D eigenvalue weighted by Gasteiger charge is -2.40. The van der Waals surface area contributed by atoms with Gasteiger partial charge in [-0.1, -0.05) is 15.9 Å². The zero-order valence-corrected chi connectivity index (χ0v) is 21.1. The summed E-state index contributed by atoms with van der Waals surface area (Å²) in [4.78, 5) is 11.2. The van der Waals surface area contributed by atoms with Crippen molar-refractivity contribution in [3.8, 4) is 11.5 Å². The van der Waals surface area contributed by atoms with E-state index in [1.165, 1.54) is 12.4 Å². The van der Waals surface area contributed by atoms with Crippen LogP contribution < -0.4 is 14.8 Å². The molecule has 0 atom stereocenters. The predicted molar refractivity (Wildman–Crippen MR) is 133 cm³/mol. The number of nitrogens with one attached hydrogen (secondary N) is 1. The van der Waals surface area contributed by atoms with Crippen LogP contribution in [0.1, 0.15) is 33.6 Å². The molecule has 1 saturated heterocycles. The summed E-state index contributed by atoms with van der Waals surface area (Å²) in [6.07, 6.45) is 3.68. The number of halogens is 2. The second-order valence-corrected chi connectivity index (χ2v) is 10.3. The molecule has 1 N–H and O–H groups in total. The maximum absolute atomic E-state index is 14.3. The lowest BCUT2D eigenvalue weighted by molar-refractivity contribution is 0.0716. The summed E-state index contributed by atoms with van der Waals surface area (Å²) in [5.74, 6) is 1.89. The van der Waals surface area contributed by atoms with Crippen molar-refractivity contribution in [2.75, 3.05) is 32.1 Å². The number of benzene rings is 2. The van der Waals surface area contributed by atoms with Gasteiger partial charge in [-0.15, -0.1) is 0 Å². The van der Waals surface area contributed by atoms with Gasteiger partial charge in [0.2, 0.25) is 0 Å². The van der Waals surface area contributed by atoms with Crippen molar-refractivity contribution in [3.63, 3.8) is 0 Å². The first kappa shape index (κ1) is 23.7. The summed E-state index contributed by atoms with van der Waals surface area (Å²) in [5.41, 5.74) is 1.24. The van der Waals surface area contributed by atoms with Crippen molar-refractivity contribution < 1.29 is 13.9 Å². The number of nitrogens with zero attached hydrogens (tertiary/aromatic N) is 3. The van der Waals surface area contributed by atoms with Gasteiger partial charge in [0.15, 0.2) is 11.5 Å². The van der Waals surface area contributed by atoms with Crippen molar-refractivity contribution in [2.24, 2.45) is 5.92 Å². The van der Waals surface area contributed by atoms with E-state index in [0.29, 0.717) is 45.5 Å². The van der Waals surface area contributed by atoms with Crippen molar-refractivity contribution >= 4 is 38.3 Å². The van der Waals surface area contributed by atoms with Gasteiger partial charge in [-0.2, -0.15) is 0 Å². The molecule has 0 saturated carbocycles. The van der Waals surface area contributed by atoms with Crippen LogP contribution in [0.3, 0.4) is 0 Å². The van der Waals surface area contributed by atoms with Crippen LogP contribution in [0.25, 0.3) is 10.9 Å². The zero-order chi connectivity index (χ0) is 23.6. The Kier molecular flexibility index (Phi) is 7.05. The van der Waals surface area contributed by atoms with E-state index in [-0.39, 0.29) is 11.4 Å². The number of likely N-dealkylation sites (tertiary alicyclic amines) is 1. The fraction of sp³-hybridized carbons (Fsp3) is 0.440. The van der Waals surface area contributed by atoms with Crippen molar-refractivity contribution in [2.45, 2.75) is 39.2 Å². The van der Waals surface area contributed by atoms with E-state index in [2.05, 4.69) is 56.9 Å². The van der Waals surface area contributed by atoms with Crippen LogP contribution >= 0.6 is 15.9 Å². The van der Waals surface area contributed by atoms with Gasteiger partial charge in [-0.05, 0) is 76.9 Å². The first-order valence-corrected chi connectivity index (χ1v) is 12.0. The van der Waals surface area contributed by atoms with E-state index >= 15 is 0 Å². The standard InChI is InChI=1S/C25H30BrFN4O2/c1-25(2,3)31-9-7-16(8-10-31)14-33-23-13-21-18(12-22(23)32-4)24(29-15-28-21)30-20-6-5-17(26)11-19(20)27/h5-6,11-13,15-16H,7-10,14H2,1-4H3,(H,28,29,30). The lowest BCUT2D eigenvalue weighted by atomic mass is 9.93. The average molecular weight is 517 g/mol. The Morgan fingerprint density at radius 2 is 1.88 bits per heavy atom. The molecule has 0 aliphatic carbocycles. The van der Waals surface area contributed by atoms with Crippen LogP contribution in [-0.2, 0) is 0 Å². The molecule has 1 aromatic heterocycles. The fourth-order valence-corrected chi connectivity index (χ4v) is 4.47. The lowest BCUT2D eigenvalue weighted by Crippen LogP contribution is -2.46. The van der Waals surface area contributed by atoms with E-state index in [1.54, 1.807) is 19.2 Å². The third kappa shape index (κ3) is 5.55. The molecule has 0 radical (unpaired) electrons. The van der Waals surface area contributed by atoms with Gasteiger partial charge in [0.25, 0.3) is 0 Å². The number of methoxy groups -OCH3 is 1. The maximum atomic E-state index is 14.3. The molecule has 8 heteroatoms. The molecule has 0 spiro atoms. The van der Waals surface area contributed by atoms with Gasteiger partial charge >= 0.3 is 0 Å². The number of anilines is 2. The van der Waals surface area contributed by atoms with Gasteiger partial charge in [-0.3, -0.25) is 4.90 Å². The molecule has 2 heterocycles. The first-order valence-electron chi connectivity index (χ1n) is 11.2. The first-order chi connectivity index (χ1) is 15.7. The minimum absolute atomic E-state index is 0.206. The van der Waals surface area contributed by atoms with Crippen LogP contribution in [0, 0.1) is 11.7 Å². The zero-order valence-electron chi connectivity index (χ0n) is 19.5. The Hall–Kier alpha value is -2.45. The highest BCUT2D eigenvalue weighted by Gasteiger charge is 2.27. The highest BCUT2D eigenvalue weighted by molar-refractivity contribution is 9.10. The van der Waals surface area contributed by atoms with Crippen LogP contribution in [0.15, 0.2) is 41.1 Å². The largest absolute Gasteiger partial charge is 0.493 e. The Morgan fingerprint density at radius 3 is 2.55 bits per heavy atom. The molecule has 1 aliphatic rings. The molecule has 1 fully saturated rings. The van der Waals surface area contributed by atoms with Crippen LogP contribution in [0.4, 0.5) is 15.9 Å². The maximum Gasteiger partial charge on any atom is 0.163 e. The van der Waals surface area contributed by atoms with Gasteiger partial charge < -0.3 is 14.8 Å². The predicted octanol–water partition coefficient (Wildman–Crippen LogP) is 6.17. The van der Waals surface area contributed by atoms with E-state index in [0.717, 1.165) is 31.3 Å². The Morgan fingerprint density at radius 1 is 1.12 bits per heavy atom. The smallest absolute Gasteiger partial charge is 0.163 e. The third-order valence-corrected chi connectivity index (χ3v) is 6.64. The molecule has 176 valence electrons.